The number of unbranched alkanes of at least 4 members (excludes halogenated alkanes) is 18. The molecule has 2 radical (unpaired) electrons. The van der Waals surface area contributed by atoms with Gasteiger partial charge in [0.15, 0.2) is 9.52 Å². The average Bonchev–Trinajstić information content (AvgIpc) is 2.86. The Kier molecular flexibility index (Phi) is 23.5. The lowest BCUT2D eigenvalue weighted by Crippen LogP contribution is -2.33. The third-order valence-electron chi connectivity index (χ3n) is 6.59. The van der Waals surface area contributed by atoms with Crippen LogP contribution in [-0.4, -0.2) is 28.6 Å². The molecule has 0 heterocycles. The van der Waals surface area contributed by atoms with E-state index in [1.807, 2.05) is 0 Å². The van der Waals surface area contributed by atoms with Gasteiger partial charge in [-0.05, 0) is 12.8 Å². The van der Waals surface area contributed by atoms with Gasteiger partial charge in [-0.2, -0.15) is 0 Å². The van der Waals surface area contributed by atoms with Gasteiger partial charge in [-0.15, -0.1) is 0 Å². The van der Waals surface area contributed by atoms with E-state index in [9.17, 15) is 0 Å². The van der Waals surface area contributed by atoms with Crippen LogP contribution >= 0.6 is 0 Å². The average molecular weight is 489 g/mol. The predicted octanol–water partition coefficient (Wildman–Crippen LogP) is 9.17. The Hall–Kier alpha value is -0.643. The summed E-state index contributed by atoms with van der Waals surface area (Å²) in [5, 5.41) is 1.33. The molecule has 0 fully saturated rings. The molecule has 0 aliphatic carbocycles. The molecule has 0 spiro atoms. The number of ether oxygens (including phenoxy) is 2. The first kappa shape index (κ1) is 31.4. The molecule has 0 N–H and O–H groups in total. The van der Waals surface area contributed by atoms with E-state index in [4.69, 9.17) is 9.47 Å². The molecule has 1 aromatic carbocycles. The Morgan fingerprint density at radius 2 is 0.853 bits per heavy atom. The van der Waals surface area contributed by atoms with Crippen LogP contribution < -0.4 is 5.19 Å². The second-order valence-electron chi connectivity index (χ2n) is 9.95. The minimum absolute atomic E-state index is 0.0699. The SMILES string of the molecule is CCCCCCCCCCCCOC(OCCCCCCCCCCCC)[Si]c1ccccc1. The second-order valence-corrected chi connectivity index (χ2v) is 11.3. The van der Waals surface area contributed by atoms with Gasteiger partial charge in [0.2, 0.25) is 0 Å². The topological polar surface area (TPSA) is 18.5 Å². The maximum atomic E-state index is 6.20. The van der Waals surface area contributed by atoms with Crippen LogP contribution in [0.5, 0.6) is 0 Å². The minimum Gasteiger partial charge on any atom is -0.357 e. The van der Waals surface area contributed by atoms with Crippen LogP contribution in [-0.2, 0) is 9.47 Å². The summed E-state index contributed by atoms with van der Waals surface area (Å²) in [5.74, 6) is -0.0699. The minimum atomic E-state index is -0.0699. The predicted molar refractivity (Wildman–Crippen MR) is 151 cm³/mol. The highest BCUT2D eigenvalue weighted by Gasteiger charge is 2.12. The van der Waals surface area contributed by atoms with Crippen molar-refractivity contribution in [3.8, 4) is 0 Å². The van der Waals surface area contributed by atoms with Crippen LogP contribution in [0.25, 0.3) is 0 Å². The van der Waals surface area contributed by atoms with E-state index in [0.717, 1.165) is 26.1 Å². The van der Waals surface area contributed by atoms with E-state index in [1.54, 1.807) is 0 Å². The molecule has 196 valence electrons. The van der Waals surface area contributed by atoms with Crippen molar-refractivity contribution >= 4 is 14.7 Å². The molecule has 2 nitrogen and oxygen atoms in total. The van der Waals surface area contributed by atoms with Crippen LogP contribution in [0.4, 0.5) is 0 Å². The van der Waals surface area contributed by atoms with Crippen LogP contribution in [0.1, 0.15) is 142 Å². The molecule has 0 atom stereocenters. The first-order valence-corrected chi connectivity index (χ1v) is 16.0. The molecule has 3 heteroatoms. The zero-order chi connectivity index (χ0) is 24.4. The van der Waals surface area contributed by atoms with E-state index in [2.05, 4.69) is 44.2 Å². The summed E-state index contributed by atoms with van der Waals surface area (Å²) < 4.78 is 12.4. The summed E-state index contributed by atoms with van der Waals surface area (Å²) in [6.07, 6.45) is 27.2. The van der Waals surface area contributed by atoms with E-state index < -0.39 is 0 Å². The van der Waals surface area contributed by atoms with Crippen LogP contribution in [0, 0.1) is 0 Å². The molecule has 0 bridgehead atoms. The first-order chi connectivity index (χ1) is 16.9. The molecule has 0 aromatic heterocycles. The van der Waals surface area contributed by atoms with Crippen LogP contribution in [0.2, 0.25) is 0 Å². The van der Waals surface area contributed by atoms with Crippen molar-refractivity contribution in [2.45, 2.75) is 148 Å². The van der Waals surface area contributed by atoms with E-state index in [-0.39, 0.29) is 5.91 Å². The normalized spacial score (nSPS) is 11.5. The van der Waals surface area contributed by atoms with Gasteiger partial charge in [0, 0.05) is 13.2 Å². The fourth-order valence-electron chi connectivity index (χ4n) is 4.36. The quantitative estimate of drug-likeness (QED) is 0.0735. The lowest BCUT2D eigenvalue weighted by Gasteiger charge is -2.18. The molecule has 1 rings (SSSR count). The first-order valence-electron chi connectivity index (χ1n) is 14.9. The molecule has 34 heavy (non-hydrogen) atoms. The monoisotopic (exact) mass is 488 g/mol. The molecular formula is C31H56O2Si. The lowest BCUT2D eigenvalue weighted by molar-refractivity contribution is -0.0915. The van der Waals surface area contributed by atoms with Gasteiger partial charge >= 0.3 is 0 Å². The highest BCUT2D eigenvalue weighted by Crippen LogP contribution is 2.12. The molecule has 0 saturated carbocycles. The fraction of sp³-hybridized carbons (Fsp3) is 0.806. The van der Waals surface area contributed by atoms with Crippen molar-refractivity contribution in [2.75, 3.05) is 13.2 Å². The van der Waals surface area contributed by atoms with Gasteiger partial charge in [0.25, 0.3) is 0 Å². The van der Waals surface area contributed by atoms with Gasteiger partial charge in [0.1, 0.15) is 5.91 Å². The van der Waals surface area contributed by atoms with Crippen LogP contribution in [0.15, 0.2) is 30.3 Å². The molecule has 0 aliphatic heterocycles. The van der Waals surface area contributed by atoms with E-state index in [0.29, 0.717) is 9.52 Å². The standard InChI is InChI=1S/C31H56O2Si/c1-3-5-7-9-11-13-15-17-19-24-28-32-31(34-30-26-22-21-23-27-30)33-29-25-20-18-16-14-12-10-8-6-4-2/h21-23,26-27,31H,3-20,24-25,28-29H2,1-2H3. The lowest BCUT2D eigenvalue weighted by atomic mass is 10.1. The van der Waals surface area contributed by atoms with Gasteiger partial charge in [-0.1, -0.05) is 165 Å². The summed E-state index contributed by atoms with van der Waals surface area (Å²) in [7, 11) is 0.574. The Balaban J connectivity index is 2.08. The van der Waals surface area contributed by atoms with E-state index >= 15 is 0 Å². The number of hydrogen-bond acceptors (Lipinski definition) is 2. The van der Waals surface area contributed by atoms with Gasteiger partial charge in [-0.25, -0.2) is 0 Å². The van der Waals surface area contributed by atoms with Crippen molar-refractivity contribution in [1.29, 1.82) is 0 Å². The Morgan fingerprint density at radius 1 is 0.500 bits per heavy atom. The van der Waals surface area contributed by atoms with Crippen molar-refractivity contribution in [3.63, 3.8) is 0 Å². The Labute approximate surface area is 215 Å². The largest absolute Gasteiger partial charge is 0.357 e. The zero-order valence-corrected chi connectivity index (χ0v) is 23.8. The Morgan fingerprint density at radius 3 is 1.24 bits per heavy atom. The molecule has 0 aliphatic rings. The zero-order valence-electron chi connectivity index (χ0n) is 22.8. The summed E-state index contributed by atoms with van der Waals surface area (Å²) in [6, 6.07) is 10.7. The van der Waals surface area contributed by atoms with Crippen molar-refractivity contribution in [1.82, 2.24) is 0 Å². The number of rotatable bonds is 26. The third kappa shape index (κ3) is 20.7. The second kappa shape index (κ2) is 25.4. The van der Waals surface area contributed by atoms with Gasteiger partial charge in [0.05, 0.1) is 0 Å². The summed E-state index contributed by atoms with van der Waals surface area (Å²) in [5.41, 5.74) is 0. The smallest absolute Gasteiger partial charge is 0.157 e. The van der Waals surface area contributed by atoms with Gasteiger partial charge in [-0.3, -0.25) is 0 Å². The summed E-state index contributed by atoms with van der Waals surface area (Å²) >= 11 is 0. The molecule has 1 aromatic rings. The van der Waals surface area contributed by atoms with Crippen molar-refractivity contribution in [3.05, 3.63) is 30.3 Å². The molecular weight excluding hydrogens is 432 g/mol. The maximum absolute atomic E-state index is 6.20. The summed E-state index contributed by atoms with van der Waals surface area (Å²) in [4.78, 5) is 0. The van der Waals surface area contributed by atoms with Crippen LogP contribution in [0.3, 0.4) is 0 Å². The number of hydrogen-bond donors (Lipinski definition) is 0. The van der Waals surface area contributed by atoms with E-state index in [1.165, 1.54) is 121 Å². The number of benzene rings is 1. The fourth-order valence-corrected chi connectivity index (χ4v) is 5.42. The van der Waals surface area contributed by atoms with Crippen molar-refractivity contribution in [2.24, 2.45) is 0 Å². The molecule has 0 unspecified atom stereocenters. The summed E-state index contributed by atoms with van der Waals surface area (Å²) in [6.45, 7) is 6.24. The molecule has 0 saturated heterocycles. The Bertz CT molecular complexity index is 481. The van der Waals surface area contributed by atoms with Crippen molar-refractivity contribution < 1.29 is 9.47 Å². The third-order valence-corrected chi connectivity index (χ3v) is 7.83. The highest BCUT2D eigenvalue weighted by molar-refractivity contribution is 6.54. The maximum Gasteiger partial charge on any atom is 0.157 e. The highest BCUT2D eigenvalue weighted by atomic mass is 28.2. The molecule has 0 amide bonds. The van der Waals surface area contributed by atoms with Gasteiger partial charge < -0.3 is 9.47 Å².